The van der Waals surface area contributed by atoms with E-state index in [0.29, 0.717) is 0 Å². The Kier molecular flexibility index (Phi) is 5.08. The van der Waals surface area contributed by atoms with E-state index in [-0.39, 0.29) is 18.1 Å². The third-order valence-electron chi connectivity index (χ3n) is 3.96. The first-order chi connectivity index (χ1) is 10.8. The molecule has 5 heteroatoms. The van der Waals surface area contributed by atoms with Gasteiger partial charge in [-0.2, -0.15) is 5.10 Å². The van der Waals surface area contributed by atoms with Gasteiger partial charge in [-0.1, -0.05) is 29.3 Å². The van der Waals surface area contributed by atoms with Gasteiger partial charge in [-0.25, -0.2) is 4.79 Å². The summed E-state index contributed by atoms with van der Waals surface area (Å²) in [7, 11) is 1.88. The SMILES string of the molecule is Cc1cc(C)cc(C(C)NC(=O)NC(C)c2cn(C)nc2C)c1. The molecule has 2 N–H and O–H groups in total. The van der Waals surface area contributed by atoms with E-state index in [0.717, 1.165) is 16.8 Å². The van der Waals surface area contributed by atoms with Crippen molar-refractivity contribution in [1.29, 1.82) is 0 Å². The fourth-order valence-corrected chi connectivity index (χ4v) is 2.90. The lowest BCUT2D eigenvalue weighted by Crippen LogP contribution is -2.38. The molecule has 0 aliphatic carbocycles. The van der Waals surface area contributed by atoms with E-state index < -0.39 is 0 Å². The number of carbonyl (C=O) groups is 1. The summed E-state index contributed by atoms with van der Waals surface area (Å²) < 4.78 is 1.76. The zero-order valence-electron chi connectivity index (χ0n) is 14.8. The van der Waals surface area contributed by atoms with Crippen LogP contribution in [0.1, 0.15) is 53.9 Å². The molecule has 1 aromatic heterocycles. The van der Waals surface area contributed by atoms with Crippen LogP contribution in [-0.2, 0) is 7.05 Å². The normalized spacial score (nSPS) is 13.5. The van der Waals surface area contributed by atoms with Crippen molar-refractivity contribution in [3.8, 4) is 0 Å². The molecule has 0 aliphatic heterocycles. The summed E-state index contributed by atoms with van der Waals surface area (Å²) in [5.41, 5.74) is 5.48. The number of nitrogens with one attached hydrogen (secondary N) is 2. The van der Waals surface area contributed by atoms with Crippen molar-refractivity contribution in [2.75, 3.05) is 0 Å². The van der Waals surface area contributed by atoms with Crippen LogP contribution >= 0.6 is 0 Å². The Hall–Kier alpha value is -2.30. The Morgan fingerprint density at radius 3 is 2.13 bits per heavy atom. The number of benzene rings is 1. The Morgan fingerprint density at radius 1 is 1.04 bits per heavy atom. The van der Waals surface area contributed by atoms with Crippen molar-refractivity contribution in [2.24, 2.45) is 7.05 Å². The van der Waals surface area contributed by atoms with Crippen molar-refractivity contribution in [3.63, 3.8) is 0 Å². The van der Waals surface area contributed by atoms with E-state index in [1.807, 2.05) is 34.0 Å². The number of nitrogens with zero attached hydrogens (tertiary/aromatic N) is 2. The lowest BCUT2D eigenvalue weighted by molar-refractivity contribution is 0.235. The first kappa shape index (κ1) is 17.1. The third kappa shape index (κ3) is 4.34. The quantitative estimate of drug-likeness (QED) is 0.908. The summed E-state index contributed by atoms with van der Waals surface area (Å²) in [6.07, 6.45) is 1.94. The van der Waals surface area contributed by atoms with Gasteiger partial charge < -0.3 is 10.6 Å². The predicted octanol–water partition coefficient (Wildman–Crippen LogP) is 3.47. The van der Waals surface area contributed by atoms with Crippen molar-refractivity contribution in [1.82, 2.24) is 20.4 Å². The van der Waals surface area contributed by atoms with Crippen molar-refractivity contribution < 1.29 is 4.79 Å². The average Bonchev–Trinajstić information content (AvgIpc) is 2.76. The van der Waals surface area contributed by atoms with E-state index in [1.165, 1.54) is 11.1 Å². The number of rotatable bonds is 4. The Morgan fingerprint density at radius 2 is 1.61 bits per heavy atom. The molecule has 0 saturated carbocycles. The second-order valence-corrected chi connectivity index (χ2v) is 6.33. The minimum absolute atomic E-state index is 0.0456. The maximum Gasteiger partial charge on any atom is 0.315 e. The number of hydrogen-bond acceptors (Lipinski definition) is 2. The monoisotopic (exact) mass is 314 g/mol. The first-order valence-electron chi connectivity index (χ1n) is 7.91. The summed E-state index contributed by atoms with van der Waals surface area (Å²) in [5, 5.41) is 10.3. The molecule has 0 aliphatic rings. The minimum atomic E-state index is -0.174. The van der Waals surface area contributed by atoms with Gasteiger partial charge in [0, 0.05) is 18.8 Å². The Bertz CT molecular complexity index is 685. The van der Waals surface area contributed by atoms with Gasteiger partial charge in [0.05, 0.1) is 17.8 Å². The molecular formula is C18H26N4O. The number of aryl methyl sites for hydroxylation is 4. The van der Waals surface area contributed by atoms with Gasteiger partial charge in [-0.3, -0.25) is 4.68 Å². The third-order valence-corrected chi connectivity index (χ3v) is 3.96. The number of amides is 2. The molecule has 2 amide bonds. The fraction of sp³-hybridized carbons (Fsp3) is 0.444. The number of urea groups is 1. The molecule has 2 unspecified atom stereocenters. The van der Waals surface area contributed by atoms with Crippen LogP contribution < -0.4 is 10.6 Å². The van der Waals surface area contributed by atoms with Gasteiger partial charge in [0.2, 0.25) is 0 Å². The standard InChI is InChI=1S/C18H26N4O/c1-11-7-12(2)9-16(8-11)13(3)19-18(23)20-14(4)17-10-22(6)21-15(17)5/h7-10,13-14H,1-6H3,(H2,19,20,23). The zero-order valence-corrected chi connectivity index (χ0v) is 14.8. The molecule has 1 heterocycles. The van der Waals surface area contributed by atoms with Gasteiger partial charge in [0.1, 0.15) is 0 Å². The fourth-order valence-electron chi connectivity index (χ4n) is 2.90. The topological polar surface area (TPSA) is 59.0 Å². The van der Waals surface area contributed by atoms with Gasteiger partial charge in [0.25, 0.3) is 0 Å². The largest absolute Gasteiger partial charge is 0.332 e. The molecule has 2 atom stereocenters. The van der Waals surface area contributed by atoms with Crippen LogP contribution in [0.25, 0.3) is 0 Å². The Labute approximate surface area is 138 Å². The van der Waals surface area contributed by atoms with Crippen LogP contribution in [0.4, 0.5) is 4.79 Å². The molecule has 0 fully saturated rings. The van der Waals surface area contributed by atoms with E-state index in [9.17, 15) is 4.79 Å². The van der Waals surface area contributed by atoms with E-state index in [2.05, 4.69) is 47.8 Å². The van der Waals surface area contributed by atoms with Gasteiger partial charge in [-0.15, -0.1) is 0 Å². The molecule has 0 saturated heterocycles. The van der Waals surface area contributed by atoms with Crippen molar-refractivity contribution >= 4 is 6.03 Å². The minimum Gasteiger partial charge on any atom is -0.332 e. The van der Waals surface area contributed by atoms with Gasteiger partial charge in [-0.05, 0) is 40.2 Å². The molecule has 0 spiro atoms. The molecule has 0 radical (unpaired) electrons. The molecule has 124 valence electrons. The number of hydrogen-bond donors (Lipinski definition) is 2. The molecular weight excluding hydrogens is 288 g/mol. The summed E-state index contributed by atoms with van der Waals surface area (Å²) >= 11 is 0. The maximum absolute atomic E-state index is 12.2. The van der Waals surface area contributed by atoms with Crippen LogP contribution in [0.3, 0.4) is 0 Å². The molecule has 0 bridgehead atoms. The second kappa shape index (κ2) is 6.86. The maximum atomic E-state index is 12.2. The Balaban J connectivity index is 2.00. The van der Waals surface area contributed by atoms with Gasteiger partial charge >= 0.3 is 6.03 Å². The van der Waals surface area contributed by atoms with Gasteiger partial charge in [0.15, 0.2) is 0 Å². The highest BCUT2D eigenvalue weighted by molar-refractivity contribution is 5.75. The molecule has 23 heavy (non-hydrogen) atoms. The smallest absolute Gasteiger partial charge is 0.315 e. The number of carbonyl (C=O) groups excluding carboxylic acids is 1. The predicted molar refractivity (Wildman–Crippen MR) is 92.4 cm³/mol. The lowest BCUT2D eigenvalue weighted by Gasteiger charge is -2.19. The average molecular weight is 314 g/mol. The van der Waals surface area contributed by atoms with E-state index in [4.69, 9.17) is 0 Å². The van der Waals surface area contributed by atoms with Crippen molar-refractivity contribution in [3.05, 3.63) is 52.3 Å². The summed E-state index contributed by atoms with van der Waals surface area (Å²) in [6, 6.07) is 6.03. The zero-order chi connectivity index (χ0) is 17.1. The summed E-state index contributed by atoms with van der Waals surface area (Å²) in [6.45, 7) is 10.0. The first-order valence-corrected chi connectivity index (χ1v) is 7.91. The van der Waals surface area contributed by atoms with E-state index >= 15 is 0 Å². The van der Waals surface area contributed by atoms with Crippen LogP contribution in [0.2, 0.25) is 0 Å². The van der Waals surface area contributed by atoms with Crippen LogP contribution in [0, 0.1) is 20.8 Å². The summed E-state index contributed by atoms with van der Waals surface area (Å²) in [4.78, 5) is 12.2. The van der Waals surface area contributed by atoms with Crippen molar-refractivity contribution in [2.45, 2.75) is 46.7 Å². The lowest BCUT2D eigenvalue weighted by atomic mass is 10.0. The highest BCUT2D eigenvalue weighted by Gasteiger charge is 2.16. The van der Waals surface area contributed by atoms with Crippen LogP contribution in [0.5, 0.6) is 0 Å². The highest BCUT2D eigenvalue weighted by Crippen LogP contribution is 2.18. The number of aromatic nitrogens is 2. The molecule has 5 nitrogen and oxygen atoms in total. The molecule has 1 aromatic carbocycles. The van der Waals surface area contributed by atoms with E-state index in [1.54, 1.807) is 4.68 Å². The van der Waals surface area contributed by atoms with Crippen LogP contribution in [-0.4, -0.2) is 15.8 Å². The summed E-state index contributed by atoms with van der Waals surface area (Å²) in [5.74, 6) is 0. The molecule has 2 aromatic rings. The molecule has 2 rings (SSSR count). The highest BCUT2D eigenvalue weighted by atomic mass is 16.2. The second-order valence-electron chi connectivity index (χ2n) is 6.33. The van der Waals surface area contributed by atoms with Crippen LogP contribution in [0.15, 0.2) is 24.4 Å².